The van der Waals surface area contributed by atoms with E-state index in [2.05, 4.69) is 78.9 Å². The Morgan fingerprint density at radius 3 is 1.43 bits per heavy atom. The molecule has 10 aromatic rings. The van der Waals surface area contributed by atoms with Crippen LogP contribution in [0, 0.1) is 0 Å². The maximum atomic E-state index is 5.26. The maximum absolute atomic E-state index is 5.26. The van der Waals surface area contributed by atoms with E-state index in [4.69, 9.17) is 29.9 Å². The summed E-state index contributed by atoms with van der Waals surface area (Å²) in [4.78, 5) is 29.8. The van der Waals surface area contributed by atoms with Gasteiger partial charge in [-0.15, -0.1) is 11.3 Å². The number of rotatable bonds is 6. The minimum Gasteiger partial charge on any atom is -0.216 e. The zero-order chi connectivity index (χ0) is 35.1. The van der Waals surface area contributed by atoms with E-state index < -0.39 is 0 Å². The van der Waals surface area contributed by atoms with Crippen LogP contribution in [-0.2, 0) is 0 Å². The molecule has 0 aliphatic heterocycles. The molecule has 7 heteroatoms. The molecule has 0 radical (unpaired) electrons. The molecule has 3 aromatic heterocycles. The Labute approximate surface area is 309 Å². The van der Waals surface area contributed by atoms with E-state index in [1.807, 2.05) is 96.3 Å². The van der Waals surface area contributed by atoms with E-state index >= 15 is 0 Å². The van der Waals surface area contributed by atoms with Crippen molar-refractivity contribution in [3.8, 4) is 68.1 Å². The molecule has 0 fully saturated rings. The summed E-state index contributed by atoms with van der Waals surface area (Å²) in [7, 11) is 0. The Morgan fingerprint density at radius 2 is 0.792 bits per heavy atom. The molecule has 0 aliphatic rings. The lowest BCUT2D eigenvalue weighted by atomic mass is 9.91. The topological polar surface area (TPSA) is 77.3 Å². The third-order valence-electron chi connectivity index (χ3n) is 9.50. The number of nitrogens with zero attached hydrogens (tertiary/aromatic N) is 6. The minimum absolute atomic E-state index is 0.539. The Kier molecular flexibility index (Phi) is 7.55. The molecule has 0 amide bonds. The van der Waals surface area contributed by atoms with E-state index in [9.17, 15) is 0 Å². The molecule has 53 heavy (non-hydrogen) atoms. The Morgan fingerprint density at radius 1 is 0.340 bits per heavy atom. The normalized spacial score (nSPS) is 11.4. The first-order chi connectivity index (χ1) is 26.3. The highest BCUT2D eigenvalue weighted by molar-refractivity contribution is 7.26. The second kappa shape index (κ2) is 13.0. The van der Waals surface area contributed by atoms with Gasteiger partial charge in [-0.3, -0.25) is 0 Å². The number of thiophene rings is 1. The molecular formula is C46H28N6S. The second-order valence-electron chi connectivity index (χ2n) is 12.7. The molecule has 0 bridgehead atoms. The van der Waals surface area contributed by atoms with Gasteiger partial charge in [0, 0.05) is 53.6 Å². The lowest BCUT2D eigenvalue weighted by Crippen LogP contribution is -2.02. The minimum atomic E-state index is 0.539. The lowest BCUT2D eigenvalue weighted by molar-refractivity contribution is 1.06. The van der Waals surface area contributed by atoms with E-state index in [0.717, 1.165) is 44.0 Å². The van der Waals surface area contributed by atoms with Gasteiger partial charge < -0.3 is 0 Å². The first kappa shape index (κ1) is 30.8. The summed E-state index contributed by atoms with van der Waals surface area (Å²) in [6.07, 6.45) is 1.62. The summed E-state index contributed by atoms with van der Waals surface area (Å²) in [5.74, 6) is 2.88. The fraction of sp³-hybridized carbons (Fsp3) is 0. The van der Waals surface area contributed by atoms with Crippen molar-refractivity contribution in [3.05, 3.63) is 170 Å². The molecule has 0 unspecified atom stereocenters. The van der Waals surface area contributed by atoms with Gasteiger partial charge in [-0.25, -0.2) is 29.9 Å². The molecule has 6 nitrogen and oxygen atoms in total. The van der Waals surface area contributed by atoms with Crippen molar-refractivity contribution in [1.82, 2.24) is 29.9 Å². The molecule has 7 aromatic carbocycles. The molecule has 0 atom stereocenters. The Bertz CT molecular complexity index is 2890. The third-order valence-corrected chi connectivity index (χ3v) is 10.7. The summed E-state index contributed by atoms with van der Waals surface area (Å²) in [5, 5.41) is 4.57. The average molecular weight is 697 g/mol. The van der Waals surface area contributed by atoms with E-state index in [1.165, 1.54) is 25.9 Å². The molecule has 0 spiro atoms. The van der Waals surface area contributed by atoms with Gasteiger partial charge in [0.05, 0.1) is 0 Å². The SMILES string of the molecule is c1ccc(-c2nc(-c3ccccc3)nc(-c3ccccc3-c3ncnc(-c4c5ccccc5c(-c5ccccc5)c5sc6ccccc6c45)n3)n2)cc1. The van der Waals surface area contributed by atoms with E-state index in [0.29, 0.717) is 29.1 Å². The van der Waals surface area contributed by atoms with Crippen molar-refractivity contribution in [2.24, 2.45) is 0 Å². The van der Waals surface area contributed by atoms with Gasteiger partial charge in [-0.2, -0.15) is 0 Å². The predicted molar refractivity (Wildman–Crippen MR) is 216 cm³/mol. The maximum Gasteiger partial charge on any atom is 0.164 e. The smallest absolute Gasteiger partial charge is 0.164 e. The molecular weight excluding hydrogens is 669 g/mol. The van der Waals surface area contributed by atoms with Gasteiger partial charge in [0.25, 0.3) is 0 Å². The first-order valence-corrected chi connectivity index (χ1v) is 18.2. The largest absolute Gasteiger partial charge is 0.216 e. The van der Waals surface area contributed by atoms with Crippen molar-refractivity contribution >= 4 is 42.3 Å². The molecule has 0 N–H and O–H groups in total. The van der Waals surface area contributed by atoms with Crippen molar-refractivity contribution < 1.29 is 0 Å². The van der Waals surface area contributed by atoms with Crippen LogP contribution in [0.4, 0.5) is 0 Å². The lowest BCUT2D eigenvalue weighted by Gasteiger charge is -2.15. The zero-order valence-corrected chi connectivity index (χ0v) is 29.1. The van der Waals surface area contributed by atoms with Crippen LogP contribution in [0.5, 0.6) is 0 Å². The molecule has 10 rings (SSSR count). The molecule has 0 aliphatic carbocycles. The number of hydrogen-bond donors (Lipinski definition) is 0. The van der Waals surface area contributed by atoms with Crippen molar-refractivity contribution in [3.63, 3.8) is 0 Å². The molecule has 0 saturated carbocycles. The Balaban J connectivity index is 1.20. The highest BCUT2D eigenvalue weighted by Gasteiger charge is 2.23. The van der Waals surface area contributed by atoms with Gasteiger partial charge in [-0.05, 0) is 22.4 Å². The zero-order valence-electron chi connectivity index (χ0n) is 28.3. The summed E-state index contributed by atoms with van der Waals surface area (Å²) < 4.78 is 2.43. The van der Waals surface area contributed by atoms with Gasteiger partial charge in [0.2, 0.25) is 0 Å². The fourth-order valence-electron chi connectivity index (χ4n) is 7.12. The van der Waals surface area contributed by atoms with E-state index in [-0.39, 0.29) is 0 Å². The van der Waals surface area contributed by atoms with Crippen LogP contribution in [0.25, 0.3) is 99.0 Å². The third kappa shape index (κ3) is 5.42. The molecule has 3 heterocycles. The van der Waals surface area contributed by atoms with Gasteiger partial charge in [0.1, 0.15) is 6.33 Å². The number of hydrogen-bond acceptors (Lipinski definition) is 7. The number of fused-ring (bicyclic) bond motifs is 4. The van der Waals surface area contributed by atoms with Crippen LogP contribution in [-0.4, -0.2) is 29.9 Å². The van der Waals surface area contributed by atoms with Crippen LogP contribution in [0.3, 0.4) is 0 Å². The summed E-state index contributed by atoms with van der Waals surface area (Å²) in [5.41, 5.74) is 6.82. The van der Waals surface area contributed by atoms with Gasteiger partial charge in [0.15, 0.2) is 29.1 Å². The van der Waals surface area contributed by atoms with Crippen LogP contribution in [0.2, 0.25) is 0 Å². The monoisotopic (exact) mass is 696 g/mol. The van der Waals surface area contributed by atoms with Crippen molar-refractivity contribution in [2.75, 3.05) is 0 Å². The van der Waals surface area contributed by atoms with Crippen LogP contribution < -0.4 is 0 Å². The highest BCUT2D eigenvalue weighted by atomic mass is 32.1. The predicted octanol–water partition coefficient (Wildman–Crippen LogP) is 11.6. The van der Waals surface area contributed by atoms with Crippen LogP contribution >= 0.6 is 11.3 Å². The molecule has 248 valence electrons. The van der Waals surface area contributed by atoms with Gasteiger partial charge in [-0.1, -0.05) is 158 Å². The van der Waals surface area contributed by atoms with Crippen LogP contribution in [0.15, 0.2) is 170 Å². The number of benzene rings is 7. The fourth-order valence-corrected chi connectivity index (χ4v) is 8.41. The van der Waals surface area contributed by atoms with Gasteiger partial charge >= 0.3 is 0 Å². The number of aromatic nitrogens is 6. The van der Waals surface area contributed by atoms with Crippen LogP contribution in [0.1, 0.15) is 0 Å². The Hall–Kier alpha value is -6.96. The van der Waals surface area contributed by atoms with Crippen molar-refractivity contribution in [1.29, 1.82) is 0 Å². The van der Waals surface area contributed by atoms with Crippen molar-refractivity contribution in [2.45, 2.75) is 0 Å². The highest BCUT2D eigenvalue weighted by Crippen LogP contribution is 2.49. The summed E-state index contributed by atoms with van der Waals surface area (Å²) in [6.45, 7) is 0. The van der Waals surface area contributed by atoms with E-state index in [1.54, 1.807) is 6.33 Å². The standard InChI is InChI=1S/C46H28N6S/c1-4-16-29(17-5-1)38-32-22-10-11-23-33(32)40(39-36-26-14-15-27-37(36)53-41(38)39)46-48-28-47-44(52-46)34-24-12-13-25-35(34)45-50-42(30-18-6-2-7-19-30)49-43(51-45)31-20-8-3-9-21-31/h1-28H. The molecule has 0 saturated heterocycles. The quantitative estimate of drug-likeness (QED) is 0.172. The second-order valence-corrected chi connectivity index (χ2v) is 13.7. The first-order valence-electron chi connectivity index (χ1n) is 17.4. The average Bonchev–Trinajstić information content (AvgIpc) is 3.62. The summed E-state index contributed by atoms with van der Waals surface area (Å²) in [6, 6.07) is 55.9. The summed E-state index contributed by atoms with van der Waals surface area (Å²) >= 11 is 1.81.